The molecule has 0 aliphatic carbocycles. The highest BCUT2D eigenvalue weighted by Crippen LogP contribution is 2.39. The Kier molecular flexibility index (Phi) is 5.03. The Morgan fingerprint density at radius 1 is 1.04 bits per heavy atom. The van der Waals surface area contributed by atoms with Gasteiger partial charge in [-0.05, 0) is 48.7 Å². The molecule has 1 atom stereocenters. The molecule has 0 fully saturated rings. The van der Waals surface area contributed by atoms with Crippen molar-refractivity contribution in [1.29, 1.82) is 0 Å². The second kappa shape index (κ2) is 7.13. The maximum atomic E-state index is 13.0. The summed E-state index contributed by atoms with van der Waals surface area (Å²) in [5.74, 6) is -0.624. The molecule has 2 heterocycles. The zero-order valence-corrected chi connectivity index (χ0v) is 13.6. The minimum atomic E-state index is -4.92. The van der Waals surface area contributed by atoms with Crippen molar-refractivity contribution in [2.24, 2.45) is 0 Å². The number of hydrogen-bond acceptors (Lipinski definition) is 3. The van der Waals surface area contributed by atoms with Gasteiger partial charge >= 0.3 is 12.5 Å². The van der Waals surface area contributed by atoms with Gasteiger partial charge < -0.3 is 9.47 Å². The van der Waals surface area contributed by atoms with Gasteiger partial charge in [-0.15, -0.1) is 13.2 Å². The summed E-state index contributed by atoms with van der Waals surface area (Å²) in [6.45, 7) is 0. The number of rotatable bonds is 4. The molecular formula is C18H13F6NO2. The van der Waals surface area contributed by atoms with Crippen LogP contribution in [-0.4, -0.2) is 23.6 Å². The van der Waals surface area contributed by atoms with Gasteiger partial charge in [-0.3, -0.25) is 4.98 Å². The van der Waals surface area contributed by atoms with Crippen LogP contribution in [0.25, 0.3) is 6.08 Å². The molecule has 2 aromatic rings. The van der Waals surface area contributed by atoms with Crippen molar-refractivity contribution >= 4 is 6.08 Å². The van der Waals surface area contributed by atoms with Gasteiger partial charge in [-0.25, -0.2) is 0 Å². The number of alkyl halides is 6. The molecule has 1 unspecified atom stereocenters. The van der Waals surface area contributed by atoms with Crippen molar-refractivity contribution < 1.29 is 35.8 Å². The van der Waals surface area contributed by atoms with Crippen molar-refractivity contribution in [3.63, 3.8) is 0 Å². The van der Waals surface area contributed by atoms with E-state index in [4.69, 9.17) is 4.74 Å². The lowest BCUT2D eigenvalue weighted by Crippen LogP contribution is -2.34. The lowest BCUT2D eigenvalue weighted by atomic mass is 10.00. The highest BCUT2D eigenvalue weighted by Gasteiger charge is 2.42. The highest BCUT2D eigenvalue weighted by atomic mass is 19.4. The molecule has 144 valence electrons. The molecule has 1 aliphatic heterocycles. The minimum absolute atomic E-state index is 0.0910. The van der Waals surface area contributed by atoms with E-state index >= 15 is 0 Å². The zero-order chi connectivity index (χ0) is 19.7. The number of halogens is 6. The van der Waals surface area contributed by atoms with Crippen LogP contribution in [0.2, 0.25) is 0 Å². The predicted molar refractivity (Wildman–Crippen MR) is 84.3 cm³/mol. The first-order chi connectivity index (χ1) is 12.6. The standard InChI is InChI=1S/C18H13F6NO2/c19-17(20,21)15-7-5-12-10-14(27-18(22,23)24)9-11(16(12)26-15)4-6-13-3-1-2-8-25-13/h1-3,5,7-10,15H,4,6H2. The Balaban J connectivity index is 1.93. The molecule has 0 saturated carbocycles. The van der Waals surface area contributed by atoms with Crippen molar-refractivity contribution in [3.05, 3.63) is 59.4 Å². The number of aromatic nitrogens is 1. The molecule has 1 aromatic heterocycles. The molecule has 3 rings (SSSR count). The molecule has 0 bridgehead atoms. The number of aryl methyl sites for hydroxylation is 2. The van der Waals surface area contributed by atoms with Gasteiger partial charge in [-0.2, -0.15) is 13.2 Å². The molecule has 9 heteroatoms. The number of nitrogens with zero attached hydrogens (tertiary/aromatic N) is 1. The van der Waals surface area contributed by atoms with Gasteiger partial charge in [0.1, 0.15) is 11.5 Å². The van der Waals surface area contributed by atoms with Crippen LogP contribution in [-0.2, 0) is 12.8 Å². The number of pyridine rings is 1. The van der Waals surface area contributed by atoms with Gasteiger partial charge in [0.25, 0.3) is 0 Å². The fourth-order valence-electron chi connectivity index (χ4n) is 2.67. The maximum Gasteiger partial charge on any atom is 0.573 e. The third-order valence-electron chi connectivity index (χ3n) is 3.80. The molecular weight excluding hydrogens is 376 g/mol. The summed E-state index contributed by atoms with van der Waals surface area (Å²) >= 11 is 0. The second-order valence-corrected chi connectivity index (χ2v) is 5.81. The summed E-state index contributed by atoms with van der Waals surface area (Å²) in [6, 6.07) is 7.19. The minimum Gasteiger partial charge on any atom is -0.476 e. The van der Waals surface area contributed by atoms with E-state index in [0.717, 1.165) is 24.3 Å². The number of benzene rings is 1. The average molecular weight is 389 g/mol. The Labute approximate surface area is 150 Å². The second-order valence-electron chi connectivity index (χ2n) is 5.81. The Bertz CT molecular complexity index is 830. The van der Waals surface area contributed by atoms with Gasteiger partial charge in [0.15, 0.2) is 0 Å². The summed E-state index contributed by atoms with van der Waals surface area (Å²) in [5, 5.41) is 0. The lowest BCUT2D eigenvalue weighted by Gasteiger charge is -2.26. The van der Waals surface area contributed by atoms with E-state index in [1.54, 1.807) is 24.4 Å². The molecule has 27 heavy (non-hydrogen) atoms. The molecule has 1 aromatic carbocycles. The van der Waals surface area contributed by atoms with E-state index in [-0.39, 0.29) is 23.3 Å². The lowest BCUT2D eigenvalue weighted by molar-refractivity contribution is -0.274. The third kappa shape index (κ3) is 4.93. The molecule has 0 radical (unpaired) electrons. The van der Waals surface area contributed by atoms with Crippen molar-refractivity contribution in [2.75, 3.05) is 0 Å². The van der Waals surface area contributed by atoms with E-state index in [1.165, 1.54) is 0 Å². The highest BCUT2D eigenvalue weighted by molar-refractivity contribution is 5.65. The van der Waals surface area contributed by atoms with E-state index < -0.39 is 24.4 Å². The molecule has 0 N–H and O–H groups in total. The monoisotopic (exact) mass is 389 g/mol. The largest absolute Gasteiger partial charge is 0.573 e. The zero-order valence-electron chi connectivity index (χ0n) is 13.6. The number of fused-ring (bicyclic) bond motifs is 1. The van der Waals surface area contributed by atoms with Crippen molar-refractivity contribution in [1.82, 2.24) is 4.98 Å². The summed E-state index contributed by atoms with van der Waals surface area (Å²) in [7, 11) is 0. The molecule has 0 spiro atoms. The first kappa shape index (κ1) is 19.1. The summed E-state index contributed by atoms with van der Waals surface area (Å²) in [4.78, 5) is 4.10. The maximum absolute atomic E-state index is 13.0. The first-order valence-corrected chi connectivity index (χ1v) is 7.86. The van der Waals surface area contributed by atoms with Crippen LogP contribution in [0.1, 0.15) is 16.8 Å². The first-order valence-electron chi connectivity index (χ1n) is 7.86. The molecule has 3 nitrogen and oxygen atoms in total. The Hall–Kier alpha value is -2.71. The summed E-state index contributed by atoms with van der Waals surface area (Å²) < 4.78 is 85.5. The van der Waals surface area contributed by atoms with Crippen LogP contribution in [0.3, 0.4) is 0 Å². The van der Waals surface area contributed by atoms with Gasteiger partial charge in [0, 0.05) is 17.5 Å². The van der Waals surface area contributed by atoms with Crippen molar-refractivity contribution in [2.45, 2.75) is 31.5 Å². The number of hydrogen-bond donors (Lipinski definition) is 0. The van der Waals surface area contributed by atoms with Crippen molar-refractivity contribution in [3.8, 4) is 11.5 Å². The summed E-state index contributed by atoms with van der Waals surface area (Å²) in [5.41, 5.74) is 0.913. The average Bonchev–Trinajstić information content (AvgIpc) is 2.58. The van der Waals surface area contributed by atoms with E-state index in [2.05, 4.69) is 9.72 Å². The molecule has 0 saturated heterocycles. The third-order valence-corrected chi connectivity index (χ3v) is 3.80. The SMILES string of the molecule is FC(F)(F)Oc1cc2c(c(CCc3ccccn3)c1)OC(C(F)(F)F)C=C2. The van der Waals surface area contributed by atoms with Gasteiger partial charge in [0.2, 0.25) is 6.10 Å². The van der Waals surface area contributed by atoms with Gasteiger partial charge in [0.05, 0.1) is 0 Å². The van der Waals surface area contributed by atoms with Crippen LogP contribution in [0, 0.1) is 0 Å². The normalized spacial score (nSPS) is 16.6. The predicted octanol–water partition coefficient (Wildman–Crippen LogP) is 5.10. The van der Waals surface area contributed by atoms with E-state index in [0.29, 0.717) is 12.1 Å². The number of ether oxygens (including phenoxy) is 2. The Morgan fingerprint density at radius 3 is 2.44 bits per heavy atom. The van der Waals surface area contributed by atoms with Gasteiger partial charge in [-0.1, -0.05) is 12.1 Å². The topological polar surface area (TPSA) is 31.4 Å². The van der Waals surface area contributed by atoms with Crippen LogP contribution in [0.4, 0.5) is 26.3 Å². The van der Waals surface area contributed by atoms with E-state index in [9.17, 15) is 26.3 Å². The van der Waals surface area contributed by atoms with Crippen LogP contribution < -0.4 is 9.47 Å². The Morgan fingerprint density at radius 2 is 1.81 bits per heavy atom. The quantitative estimate of drug-likeness (QED) is 0.682. The van der Waals surface area contributed by atoms with Crippen LogP contribution in [0.15, 0.2) is 42.6 Å². The van der Waals surface area contributed by atoms with E-state index in [1.807, 2.05) is 0 Å². The van der Waals surface area contributed by atoms with Crippen LogP contribution in [0.5, 0.6) is 11.5 Å². The smallest absolute Gasteiger partial charge is 0.476 e. The fourth-order valence-corrected chi connectivity index (χ4v) is 2.67. The summed E-state index contributed by atoms with van der Waals surface area (Å²) in [6.07, 6.45) is -7.87. The van der Waals surface area contributed by atoms with Crippen LogP contribution >= 0.6 is 0 Å². The molecule has 0 amide bonds. The fraction of sp³-hybridized carbons (Fsp3) is 0.278. The molecule has 1 aliphatic rings.